The van der Waals surface area contributed by atoms with Gasteiger partial charge < -0.3 is 19.6 Å². The van der Waals surface area contributed by atoms with E-state index in [1.54, 1.807) is 0 Å². The molecule has 0 fully saturated rings. The van der Waals surface area contributed by atoms with Crippen LogP contribution in [0.1, 0.15) is 76.4 Å². The van der Waals surface area contributed by atoms with E-state index in [0.29, 0.717) is 0 Å². The van der Waals surface area contributed by atoms with E-state index < -0.39 is 5.41 Å². The van der Waals surface area contributed by atoms with Gasteiger partial charge in [-0.05, 0) is 234 Å². The number of aryl methyl sites for hydroxylation is 6. The lowest BCUT2D eigenvalue weighted by molar-refractivity contribution is 0.793. The lowest BCUT2D eigenvalue weighted by Gasteiger charge is -2.35. The Labute approximate surface area is 468 Å². The van der Waals surface area contributed by atoms with Crippen LogP contribution in [0.5, 0.6) is 0 Å². The van der Waals surface area contributed by atoms with E-state index in [9.17, 15) is 0 Å². The monoisotopic (exact) mass is 1020 g/mol. The first-order chi connectivity index (χ1) is 38.2. The van der Waals surface area contributed by atoms with Gasteiger partial charge in [0.25, 0.3) is 0 Å². The third-order valence-corrected chi connectivity index (χ3v) is 16.3. The second-order valence-electron chi connectivity index (χ2n) is 22.3. The van der Waals surface area contributed by atoms with E-state index in [0.717, 1.165) is 62.6 Å². The third kappa shape index (κ3) is 9.11. The number of hydrogen-bond acceptors (Lipinski definition) is 4. The van der Waals surface area contributed by atoms with Crippen LogP contribution in [0.3, 0.4) is 0 Å². The summed E-state index contributed by atoms with van der Waals surface area (Å²) < 4.78 is 0. The summed E-state index contributed by atoms with van der Waals surface area (Å²) in [6.45, 7) is 19.5. The quantitative estimate of drug-likeness (QED) is 0.113. The number of hydrogen-bond donors (Lipinski definition) is 0. The van der Waals surface area contributed by atoms with Crippen molar-refractivity contribution in [3.63, 3.8) is 0 Å². The Morgan fingerprint density at radius 3 is 0.899 bits per heavy atom. The van der Waals surface area contributed by atoms with Crippen LogP contribution < -0.4 is 19.6 Å². The van der Waals surface area contributed by atoms with Gasteiger partial charge in [-0.25, -0.2) is 0 Å². The molecule has 0 N–H and O–H groups in total. The van der Waals surface area contributed by atoms with Crippen molar-refractivity contribution in [2.75, 3.05) is 26.6 Å². The van der Waals surface area contributed by atoms with Crippen molar-refractivity contribution < 1.29 is 0 Å². The summed E-state index contributed by atoms with van der Waals surface area (Å²) in [7, 11) is 2.20. The molecule has 0 saturated carbocycles. The number of rotatable bonds is 12. The van der Waals surface area contributed by atoms with Gasteiger partial charge in [-0.15, -0.1) is 0 Å². The van der Waals surface area contributed by atoms with Crippen LogP contribution in [0.4, 0.5) is 56.9 Å². The maximum Gasteiger partial charge on any atom is 0.0728 e. The van der Waals surface area contributed by atoms with Gasteiger partial charge in [0.05, 0.1) is 5.41 Å². The van der Waals surface area contributed by atoms with Gasteiger partial charge in [0.1, 0.15) is 0 Å². The molecule has 0 radical (unpaired) electrons. The fraction of sp³-hybridized carbons (Fsp3) is 0.147. The molecule has 0 amide bonds. The normalized spacial score (nSPS) is 13.8. The molecular weight excluding hydrogens is 957 g/mol. The first kappa shape index (κ1) is 50.7. The summed E-state index contributed by atoms with van der Waals surface area (Å²) >= 11 is 0. The molecule has 79 heavy (non-hydrogen) atoms. The average Bonchev–Trinajstić information content (AvgIpc) is 4.04. The Morgan fingerprint density at radius 2 is 0.557 bits per heavy atom. The van der Waals surface area contributed by atoms with E-state index in [2.05, 4.69) is 320 Å². The van der Waals surface area contributed by atoms with Gasteiger partial charge >= 0.3 is 0 Å². The SMILES string of the molecule is CC(C)=C/C=C(\C)N(c1ccc(C)cc1)c1ccc2c(c1)C1(c3cc(N(C)c4ccc(C)cc4)ccc3-c3ccc(N(c4ccc(C)cc4)c4ccc(C)cc4)cc31)c1cc(N(c3ccc(C)cc3)c3ccc(C)cc3)ccc1-2. The Hall–Kier alpha value is -9.12. The Morgan fingerprint density at radius 1 is 0.291 bits per heavy atom. The van der Waals surface area contributed by atoms with Gasteiger partial charge in [-0.2, -0.15) is 0 Å². The van der Waals surface area contributed by atoms with E-state index in [4.69, 9.17) is 0 Å². The third-order valence-electron chi connectivity index (χ3n) is 16.3. The highest BCUT2D eigenvalue weighted by atomic mass is 15.2. The number of benzene rings is 10. The molecule has 1 spiro atoms. The highest BCUT2D eigenvalue weighted by Crippen LogP contribution is 2.65. The standard InChI is InChI=1S/C75H68N4/c1-49(2)11-24-56(9)77(58-27-14-51(4)15-28-58)64-38-42-68-70-44-40-66(79(61-33-20-54(7)21-34-61)62-35-22-55(8)23-36-62)48-74(70)75(72(68)46-64)71-45-63(76(10)57-25-12-50(3)13-26-57)37-41-67(71)69-43-39-65(47-73(69)75)78(59-29-16-52(5)17-30-59)60-31-18-53(6)19-32-60/h11-48H,1-10H3/b56-24+. The Balaban J connectivity index is 1.19. The van der Waals surface area contributed by atoms with Crippen molar-refractivity contribution in [3.05, 3.63) is 297 Å². The van der Waals surface area contributed by atoms with Crippen LogP contribution in [-0.2, 0) is 5.41 Å². The van der Waals surface area contributed by atoms with Crippen molar-refractivity contribution in [1.82, 2.24) is 0 Å². The summed E-state index contributed by atoms with van der Waals surface area (Å²) in [4.78, 5) is 9.64. The number of nitrogens with zero attached hydrogens (tertiary/aromatic N) is 4. The van der Waals surface area contributed by atoms with Gasteiger partial charge in [0.2, 0.25) is 0 Å². The van der Waals surface area contributed by atoms with Crippen molar-refractivity contribution in [3.8, 4) is 22.3 Å². The lowest BCUT2D eigenvalue weighted by Crippen LogP contribution is -2.27. The van der Waals surface area contributed by atoms with E-state index in [-0.39, 0.29) is 0 Å². The van der Waals surface area contributed by atoms with Crippen LogP contribution in [0.15, 0.2) is 242 Å². The molecule has 388 valence electrons. The molecule has 0 saturated heterocycles. The maximum absolute atomic E-state index is 2.52. The van der Waals surface area contributed by atoms with Crippen molar-refractivity contribution >= 4 is 56.9 Å². The minimum Gasteiger partial charge on any atom is -0.345 e. The van der Waals surface area contributed by atoms with Crippen LogP contribution in [-0.4, -0.2) is 7.05 Å². The predicted molar refractivity (Wildman–Crippen MR) is 337 cm³/mol. The first-order valence-corrected chi connectivity index (χ1v) is 27.7. The minimum absolute atomic E-state index is 0.781. The summed E-state index contributed by atoms with van der Waals surface area (Å²) in [5.41, 5.74) is 30.0. The Kier molecular flexibility index (Phi) is 13.1. The first-order valence-electron chi connectivity index (χ1n) is 27.7. The molecule has 4 nitrogen and oxygen atoms in total. The lowest BCUT2D eigenvalue weighted by atomic mass is 9.70. The van der Waals surface area contributed by atoms with E-state index in [1.165, 1.54) is 83.5 Å². The summed E-state index contributed by atoms with van der Waals surface area (Å²) in [6.07, 6.45) is 4.48. The van der Waals surface area contributed by atoms with Gasteiger partial charge in [-0.3, -0.25) is 0 Å². The molecule has 0 aliphatic heterocycles. The van der Waals surface area contributed by atoms with Crippen LogP contribution >= 0.6 is 0 Å². The molecule has 12 rings (SSSR count). The minimum atomic E-state index is -0.781. The zero-order chi connectivity index (χ0) is 54.7. The van der Waals surface area contributed by atoms with Crippen LogP contribution in [0.2, 0.25) is 0 Å². The van der Waals surface area contributed by atoms with Gasteiger partial charge in [0, 0.05) is 69.6 Å². The zero-order valence-corrected chi connectivity index (χ0v) is 47.2. The van der Waals surface area contributed by atoms with Gasteiger partial charge in [-0.1, -0.05) is 142 Å². The molecular formula is C75H68N4. The highest BCUT2D eigenvalue weighted by molar-refractivity contribution is 5.99. The summed E-state index contributed by atoms with van der Waals surface area (Å²) in [6, 6.07) is 82.7. The van der Waals surface area contributed by atoms with E-state index in [1.807, 2.05) is 0 Å². The maximum atomic E-state index is 2.52. The molecule has 0 aromatic heterocycles. The average molecular weight is 1030 g/mol. The van der Waals surface area contributed by atoms with Crippen molar-refractivity contribution in [1.29, 1.82) is 0 Å². The summed E-state index contributed by atoms with van der Waals surface area (Å²) in [5, 5.41) is 0. The zero-order valence-electron chi connectivity index (χ0n) is 47.2. The smallest absolute Gasteiger partial charge is 0.0728 e. The van der Waals surface area contributed by atoms with Gasteiger partial charge in [0.15, 0.2) is 0 Å². The molecule has 2 aliphatic rings. The van der Waals surface area contributed by atoms with Crippen LogP contribution in [0, 0.1) is 41.5 Å². The molecule has 1 atom stereocenters. The fourth-order valence-electron chi connectivity index (χ4n) is 12.0. The molecule has 4 heteroatoms. The highest BCUT2D eigenvalue weighted by Gasteiger charge is 2.53. The second-order valence-corrected chi connectivity index (χ2v) is 22.3. The Bertz CT molecular complexity index is 3770. The molecule has 10 aromatic rings. The fourth-order valence-corrected chi connectivity index (χ4v) is 12.0. The molecule has 2 aliphatic carbocycles. The molecule has 0 bridgehead atoms. The summed E-state index contributed by atoms with van der Waals surface area (Å²) in [5.74, 6) is 0. The topological polar surface area (TPSA) is 13.0 Å². The van der Waals surface area contributed by atoms with Crippen molar-refractivity contribution in [2.24, 2.45) is 0 Å². The number of allylic oxidation sites excluding steroid dienone is 4. The number of fused-ring (bicyclic) bond motifs is 10. The molecule has 0 heterocycles. The largest absolute Gasteiger partial charge is 0.345 e. The van der Waals surface area contributed by atoms with Crippen molar-refractivity contribution in [2.45, 2.75) is 67.7 Å². The molecule has 1 unspecified atom stereocenters. The second kappa shape index (κ2) is 20.4. The molecule has 10 aromatic carbocycles. The van der Waals surface area contributed by atoms with E-state index >= 15 is 0 Å². The predicted octanol–water partition coefficient (Wildman–Crippen LogP) is 20.6. The van der Waals surface area contributed by atoms with Crippen LogP contribution in [0.25, 0.3) is 22.3 Å². The number of anilines is 10.